The Morgan fingerprint density at radius 3 is 2.81 bits per heavy atom. The van der Waals surface area contributed by atoms with E-state index in [1.807, 2.05) is 0 Å². The maximum Gasteiger partial charge on any atom is 0.255 e. The third-order valence-corrected chi connectivity index (χ3v) is 5.67. The summed E-state index contributed by atoms with van der Waals surface area (Å²) in [7, 11) is 0. The number of amides is 1. The van der Waals surface area contributed by atoms with Crippen LogP contribution in [-0.4, -0.2) is 16.9 Å². The average Bonchev–Trinajstić information content (AvgIpc) is 2.88. The zero-order chi connectivity index (χ0) is 15.4. The molecule has 2 aliphatic rings. The van der Waals surface area contributed by atoms with Gasteiger partial charge >= 0.3 is 0 Å². The van der Waals surface area contributed by atoms with Crippen LogP contribution in [0.2, 0.25) is 0 Å². The summed E-state index contributed by atoms with van der Waals surface area (Å²) in [4.78, 5) is 16.2. The number of hydrogen-bond acceptors (Lipinski definition) is 3. The van der Waals surface area contributed by atoms with Crippen LogP contribution in [0.25, 0.3) is 0 Å². The molecule has 0 saturated heterocycles. The van der Waals surface area contributed by atoms with Gasteiger partial charge in [-0.1, -0.05) is 20.8 Å². The van der Waals surface area contributed by atoms with Crippen molar-refractivity contribution >= 4 is 11.7 Å². The number of anilines is 1. The Morgan fingerprint density at radius 2 is 2.19 bits per heavy atom. The summed E-state index contributed by atoms with van der Waals surface area (Å²) >= 11 is 0. The largest absolute Gasteiger partial charge is 0.383 e. The Labute approximate surface area is 124 Å². The Balaban J connectivity index is 1.86. The van der Waals surface area contributed by atoms with Gasteiger partial charge in [-0.3, -0.25) is 4.79 Å². The SMILES string of the molecule is CC12CCC(C1)C(C)(C)C2NC(=O)c1cc(F)cnc1N. The number of rotatable bonds is 2. The van der Waals surface area contributed by atoms with Crippen LogP contribution in [0.5, 0.6) is 0 Å². The van der Waals surface area contributed by atoms with Gasteiger partial charge in [0.05, 0.1) is 11.8 Å². The van der Waals surface area contributed by atoms with Crippen LogP contribution in [-0.2, 0) is 0 Å². The topological polar surface area (TPSA) is 68.0 Å². The highest BCUT2D eigenvalue weighted by molar-refractivity contribution is 5.98. The van der Waals surface area contributed by atoms with Gasteiger partial charge in [-0.2, -0.15) is 0 Å². The minimum atomic E-state index is -0.548. The van der Waals surface area contributed by atoms with Crippen molar-refractivity contribution in [1.29, 1.82) is 0 Å². The molecule has 3 unspecified atom stereocenters. The number of carbonyl (C=O) groups is 1. The molecule has 2 bridgehead atoms. The second-order valence-corrected chi connectivity index (χ2v) is 7.41. The third kappa shape index (κ3) is 2.10. The van der Waals surface area contributed by atoms with Crippen LogP contribution < -0.4 is 11.1 Å². The number of nitrogen functional groups attached to an aromatic ring is 1. The van der Waals surface area contributed by atoms with Gasteiger partial charge in [-0.25, -0.2) is 9.37 Å². The average molecular weight is 291 g/mol. The van der Waals surface area contributed by atoms with Crippen LogP contribution in [0, 0.1) is 22.6 Å². The molecule has 21 heavy (non-hydrogen) atoms. The fourth-order valence-corrected chi connectivity index (χ4v) is 4.50. The van der Waals surface area contributed by atoms with E-state index in [0.717, 1.165) is 25.1 Å². The molecule has 2 saturated carbocycles. The second kappa shape index (κ2) is 4.42. The smallest absolute Gasteiger partial charge is 0.255 e. The number of nitrogens with two attached hydrogens (primary N) is 1. The van der Waals surface area contributed by atoms with E-state index in [9.17, 15) is 9.18 Å². The summed E-state index contributed by atoms with van der Waals surface area (Å²) in [5, 5.41) is 3.10. The van der Waals surface area contributed by atoms with Gasteiger partial charge in [0, 0.05) is 6.04 Å². The van der Waals surface area contributed by atoms with Crippen molar-refractivity contribution in [3.8, 4) is 0 Å². The van der Waals surface area contributed by atoms with E-state index in [1.165, 1.54) is 6.42 Å². The molecule has 1 heterocycles. The summed E-state index contributed by atoms with van der Waals surface area (Å²) in [5.41, 5.74) is 6.00. The van der Waals surface area contributed by atoms with Crippen molar-refractivity contribution in [3.05, 3.63) is 23.6 Å². The van der Waals surface area contributed by atoms with E-state index in [4.69, 9.17) is 5.73 Å². The van der Waals surface area contributed by atoms with Gasteiger partial charge < -0.3 is 11.1 Å². The maximum absolute atomic E-state index is 13.3. The Kier molecular flexibility index (Phi) is 3.01. The molecule has 3 atom stereocenters. The maximum atomic E-state index is 13.3. The molecule has 2 fully saturated rings. The van der Waals surface area contributed by atoms with E-state index >= 15 is 0 Å². The molecule has 1 aromatic rings. The van der Waals surface area contributed by atoms with E-state index in [1.54, 1.807) is 0 Å². The first-order valence-electron chi connectivity index (χ1n) is 7.46. The second-order valence-electron chi connectivity index (χ2n) is 7.41. The van der Waals surface area contributed by atoms with Gasteiger partial charge in [0.25, 0.3) is 5.91 Å². The number of halogens is 1. The van der Waals surface area contributed by atoms with Crippen molar-refractivity contribution in [1.82, 2.24) is 10.3 Å². The summed E-state index contributed by atoms with van der Waals surface area (Å²) in [5.74, 6) is -0.171. The molecular weight excluding hydrogens is 269 g/mol. The monoisotopic (exact) mass is 291 g/mol. The van der Waals surface area contributed by atoms with Gasteiger partial charge in [0.15, 0.2) is 0 Å². The molecule has 0 spiro atoms. The minimum Gasteiger partial charge on any atom is -0.383 e. The number of fused-ring (bicyclic) bond motifs is 2. The molecule has 1 aromatic heterocycles. The molecule has 2 aliphatic carbocycles. The Bertz CT molecular complexity index is 596. The lowest BCUT2D eigenvalue weighted by Gasteiger charge is -2.43. The molecule has 4 nitrogen and oxygen atoms in total. The van der Waals surface area contributed by atoms with E-state index in [0.29, 0.717) is 5.92 Å². The molecule has 3 rings (SSSR count). The van der Waals surface area contributed by atoms with Crippen LogP contribution in [0.4, 0.5) is 10.2 Å². The highest BCUT2D eigenvalue weighted by Gasteiger charge is 2.59. The summed E-state index contributed by atoms with van der Waals surface area (Å²) in [6.45, 7) is 6.65. The quantitative estimate of drug-likeness (QED) is 0.880. The Morgan fingerprint density at radius 1 is 1.48 bits per heavy atom. The summed E-state index contributed by atoms with van der Waals surface area (Å²) < 4.78 is 13.3. The predicted octanol–water partition coefficient (Wildman–Crippen LogP) is 2.75. The Hall–Kier alpha value is -1.65. The number of nitrogens with zero attached hydrogens (tertiary/aromatic N) is 1. The van der Waals surface area contributed by atoms with E-state index in [-0.39, 0.29) is 34.2 Å². The number of hydrogen-bond donors (Lipinski definition) is 2. The lowest BCUT2D eigenvalue weighted by molar-refractivity contribution is 0.0737. The standard InChI is InChI=1S/C16H22FN3O/c1-15(2)9-4-5-16(3,7-9)14(15)20-13(21)11-6-10(17)8-19-12(11)18/h6,8-9,14H,4-5,7H2,1-3H3,(H2,18,19)(H,20,21). The summed E-state index contributed by atoms with van der Waals surface area (Å²) in [6.07, 6.45) is 4.51. The highest BCUT2D eigenvalue weighted by atomic mass is 19.1. The molecule has 3 N–H and O–H groups in total. The third-order valence-electron chi connectivity index (χ3n) is 5.67. The van der Waals surface area contributed by atoms with Crippen molar-refractivity contribution in [2.45, 2.75) is 46.1 Å². The van der Waals surface area contributed by atoms with Gasteiger partial charge in [0.1, 0.15) is 11.6 Å². The first-order valence-corrected chi connectivity index (χ1v) is 7.46. The molecule has 114 valence electrons. The zero-order valence-electron chi connectivity index (χ0n) is 12.7. The first kappa shape index (κ1) is 14.3. The highest BCUT2D eigenvalue weighted by Crippen LogP contribution is 2.62. The van der Waals surface area contributed by atoms with Crippen LogP contribution in [0.1, 0.15) is 50.4 Å². The minimum absolute atomic E-state index is 0.0537. The molecular formula is C16H22FN3O. The normalized spacial score (nSPS) is 33.1. The van der Waals surface area contributed by atoms with Crippen molar-refractivity contribution in [3.63, 3.8) is 0 Å². The zero-order valence-corrected chi connectivity index (χ0v) is 12.7. The molecule has 1 amide bonds. The molecule has 5 heteroatoms. The van der Waals surface area contributed by atoms with Gasteiger partial charge in [0.2, 0.25) is 0 Å². The van der Waals surface area contributed by atoms with Crippen molar-refractivity contribution < 1.29 is 9.18 Å². The number of aromatic nitrogens is 1. The fraction of sp³-hybridized carbons (Fsp3) is 0.625. The van der Waals surface area contributed by atoms with Crippen molar-refractivity contribution in [2.75, 3.05) is 5.73 Å². The summed E-state index contributed by atoms with van der Waals surface area (Å²) in [6, 6.07) is 1.24. The molecule has 0 aliphatic heterocycles. The number of nitrogens with one attached hydrogen (secondary N) is 1. The fourth-order valence-electron chi connectivity index (χ4n) is 4.50. The molecule has 0 radical (unpaired) electrons. The van der Waals surface area contributed by atoms with Crippen LogP contribution >= 0.6 is 0 Å². The lowest BCUT2D eigenvalue weighted by atomic mass is 9.68. The first-order chi connectivity index (χ1) is 9.74. The van der Waals surface area contributed by atoms with E-state index < -0.39 is 5.82 Å². The van der Waals surface area contributed by atoms with E-state index in [2.05, 4.69) is 31.1 Å². The number of pyridine rings is 1. The van der Waals surface area contributed by atoms with Crippen LogP contribution in [0.3, 0.4) is 0 Å². The van der Waals surface area contributed by atoms with Gasteiger partial charge in [-0.05, 0) is 42.1 Å². The van der Waals surface area contributed by atoms with Gasteiger partial charge in [-0.15, -0.1) is 0 Å². The predicted molar refractivity (Wildman–Crippen MR) is 79.1 cm³/mol. The number of carbonyl (C=O) groups excluding carboxylic acids is 1. The molecule has 0 aromatic carbocycles. The van der Waals surface area contributed by atoms with Crippen LogP contribution in [0.15, 0.2) is 12.3 Å². The lowest BCUT2D eigenvalue weighted by Crippen LogP contribution is -2.52. The van der Waals surface area contributed by atoms with Crippen molar-refractivity contribution in [2.24, 2.45) is 16.7 Å².